The molecule has 0 aromatic heterocycles. The summed E-state index contributed by atoms with van der Waals surface area (Å²) < 4.78 is 9.69. The monoisotopic (exact) mass is 141 g/mol. The molecule has 1 radical (unpaired) electrons. The highest BCUT2D eigenvalue weighted by Gasteiger charge is 2.10. The summed E-state index contributed by atoms with van der Waals surface area (Å²) in [7, 11) is 3.11. The number of rotatable bonds is 2. The van der Waals surface area contributed by atoms with Crippen LogP contribution in [0.4, 0.5) is 0 Å². The molecule has 1 aliphatic rings. The molecule has 4 heteroatoms. The van der Waals surface area contributed by atoms with Gasteiger partial charge >= 0.3 is 6.35 Å². The van der Waals surface area contributed by atoms with Gasteiger partial charge in [-0.25, -0.2) is 4.99 Å². The van der Waals surface area contributed by atoms with Crippen molar-refractivity contribution in [3.05, 3.63) is 18.3 Å². The SMILES string of the molecule is CO[C]1N=CC=C(OC)N1. The van der Waals surface area contributed by atoms with Crippen molar-refractivity contribution in [3.63, 3.8) is 0 Å². The summed E-state index contributed by atoms with van der Waals surface area (Å²) in [6.07, 6.45) is 3.76. The third-order valence-corrected chi connectivity index (χ3v) is 1.06. The number of nitrogens with one attached hydrogen (secondary N) is 1. The van der Waals surface area contributed by atoms with Crippen molar-refractivity contribution < 1.29 is 9.47 Å². The Morgan fingerprint density at radius 1 is 1.40 bits per heavy atom. The maximum absolute atomic E-state index is 4.88. The number of nitrogens with zero attached hydrogens (tertiary/aromatic N) is 1. The van der Waals surface area contributed by atoms with Crippen LogP contribution in [-0.2, 0) is 9.47 Å². The highest BCUT2D eigenvalue weighted by atomic mass is 16.5. The highest BCUT2D eigenvalue weighted by Crippen LogP contribution is 2.05. The first kappa shape index (κ1) is 7.08. The lowest BCUT2D eigenvalue weighted by Crippen LogP contribution is -2.24. The molecule has 1 aliphatic heterocycles. The molecule has 0 saturated heterocycles. The molecule has 0 bridgehead atoms. The Bertz CT molecular complexity index is 165. The number of ether oxygens (including phenoxy) is 2. The van der Waals surface area contributed by atoms with Gasteiger partial charge in [0.1, 0.15) is 0 Å². The molecule has 4 nitrogen and oxygen atoms in total. The average Bonchev–Trinajstić information content (AvgIpc) is 2.05. The van der Waals surface area contributed by atoms with Crippen LogP contribution in [0.25, 0.3) is 0 Å². The molecule has 0 spiro atoms. The van der Waals surface area contributed by atoms with E-state index in [-0.39, 0.29) is 0 Å². The summed E-state index contributed by atoms with van der Waals surface area (Å²) in [6.45, 7) is 0. The zero-order valence-electron chi connectivity index (χ0n) is 5.92. The predicted molar refractivity (Wildman–Crippen MR) is 37.0 cm³/mol. The van der Waals surface area contributed by atoms with E-state index < -0.39 is 0 Å². The topological polar surface area (TPSA) is 42.9 Å². The number of aliphatic imine (C=N–C) groups is 1. The maximum atomic E-state index is 4.88. The lowest BCUT2D eigenvalue weighted by molar-refractivity contribution is 0.155. The number of methoxy groups -OCH3 is 2. The van der Waals surface area contributed by atoms with Crippen molar-refractivity contribution in [3.8, 4) is 0 Å². The van der Waals surface area contributed by atoms with Gasteiger partial charge in [0.25, 0.3) is 0 Å². The molecule has 0 saturated carbocycles. The van der Waals surface area contributed by atoms with E-state index in [9.17, 15) is 0 Å². The number of hydrogen-bond donors (Lipinski definition) is 1. The van der Waals surface area contributed by atoms with Gasteiger partial charge in [-0.1, -0.05) is 0 Å². The summed E-state index contributed by atoms with van der Waals surface area (Å²) in [5.41, 5.74) is 0. The zero-order chi connectivity index (χ0) is 7.40. The standard InChI is InChI=1S/C6H9N2O2/c1-9-5-3-4-7-6(8-5)10-2/h3-4,8H,1-2H3. The second-order valence-electron chi connectivity index (χ2n) is 1.65. The van der Waals surface area contributed by atoms with E-state index in [4.69, 9.17) is 9.47 Å². The highest BCUT2D eigenvalue weighted by molar-refractivity contribution is 5.73. The third-order valence-electron chi connectivity index (χ3n) is 1.06. The first-order chi connectivity index (χ1) is 4.86. The summed E-state index contributed by atoms with van der Waals surface area (Å²) in [5.74, 6) is 0.631. The van der Waals surface area contributed by atoms with Gasteiger partial charge in [-0.15, -0.1) is 0 Å². The van der Waals surface area contributed by atoms with Crippen LogP contribution in [0.3, 0.4) is 0 Å². The van der Waals surface area contributed by atoms with E-state index in [0.717, 1.165) is 0 Å². The van der Waals surface area contributed by atoms with E-state index in [1.807, 2.05) is 0 Å². The van der Waals surface area contributed by atoms with Crippen molar-refractivity contribution in [1.82, 2.24) is 5.32 Å². The van der Waals surface area contributed by atoms with E-state index >= 15 is 0 Å². The van der Waals surface area contributed by atoms with Crippen molar-refractivity contribution in [2.75, 3.05) is 14.2 Å². The Morgan fingerprint density at radius 2 is 2.20 bits per heavy atom. The average molecular weight is 141 g/mol. The van der Waals surface area contributed by atoms with Crippen LogP contribution >= 0.6 is 0 Å². The van der Waals surface area contributed by atoms with Crippen LogP contribution in [0.2, 0.25) is 0 Å². The fourth-order valence-corrected chi connectivity index (χ4v) is 0.575. The molecule has 0 aromatic carbocycles. The lowest BCUT2D eigenvalue weighted by atomic mass is 10.5. The van der Waals surface area contributed by atoms with E-state index in [2.05, 4.69) is 10.3 Å². The fourth-order valence-electron chi connectivity index (χ4n) is 0.575. The Balaban J connectivity index is 2.50. The molecular weight excluding hydrogens is 132 g/mol. The van der Waals surface area contributed by atoms with Crippen molar-refractivity contribution >= 4 is 6.21 Å². The van der Waals surface area contributed by atoms with Crippen molar-refractivity contribution in [1.29, 1.82) is 0 Å². The van der Waals surface area contributed by atoms with Gasteiger partial charge in [0.15, 0.2) is 5.88 Å². The van der Waals surface area contributed by atoms with Gasteiger partial charge in [0, 0.05) is 19.4 Å². The molecule has 0 unspecified atom stereocenters. The molecule has 55 valence electrons. The van der Waals surface area contributed by atoms with E-state index in [1.165, 1.54) is 7.11 Å². The second kappa shape index (κ2) is 3.22. The molecular formula is C6H9N2O2. The Morgan fingerprint density at radius 3 is 2.80 bits per heavy atom. The summed E-state index contributed by atoms with van der Waals surface area (Å²) >= 11 is 0. The Hall–Kier alpha value is -1.03. The fraction of sp³-hybridized carbons (Fsp3) is 0.333. The molecule has 0 fully saturated rings. The number of hydrogen-bond acceptors (Lipinski definition) is 4. The molecule has 10 heavy (non-hydrogen) atoms. The minimum Gasteiger partial charge on any atom is -0.482 e. The quantitative estimate of drug-likeness (QED) is 0.599. The summed E-state index contributed by atoms with van der Waals surface area (Å²) in [6, 6.07) is 0. The predicted octanol–water partition coefficient (Wildman–Crippen LogP) is 0.242. The second-order valence-corrected chi connectivity index (χ2v) is 1.65. The largest absolute Gasteiger partial charge is 0.482 e. The van der Waals surface area contributed by atoms with Crippen molar-refractivity contribution in [2.24, 2.45) is 4.99 Å². The van der Waals surface area contributed by atoms with Crippen LogP contribution in [0, 0.1) is 6.35 Å². The van der Waals surface area contributed by atoms with E-state index in [0.29, 0.717) is 12.2 Å². The zero-order valence-corrected chi connectivity index (χ0v) is 5.92. The van der Waals surface area contributed by atoms with Gasteiger partial charge in [0.05, 0.1) is 7.11 Å². The van der Waals surface area contributed by atoms with Gasteiger partial charge in [-0.2, -0.15) is 0 Å². The van der Waals surface area contributed by atoms with Crippen molar-refractivity contribution in [2.45, 2.75) is 0 Å². The molecule has 0 aromatic rings. The van der Waals surface area contributed by atoms with Crippen LogP contribution in [0.15, 0.2) is 17.0 Å². The van der Waals surface area contributed by atoms with Crippen LogP contribution in [0.1, 0.15) is 0 Å². The Labute approximate surface area is 59.5 Å². The molecule has 0 aliphatic carbocycles. The van der Waals surface area contributed by atoms with Crippen LogP contribution in [0.5, 0.6) is 0 Å². The first-order valence-electron chi connectivity index (χ1n) is 2.83. The first-order valence-corrected chi connectivity index (χ1v) is 2.83. The van der Waals surface area contributed by atoms with Crippen LogP contribution < -0.4 is 5.32 Å². The third kappa shape index (κ3) is 1.48. The summed E-state index contributed by atoms with van der Waals surface area (Å²) in [4.78, 5) is 3.85. The normalized spacial score (nSPS) is 18.0. The van der Waals surface area contributed by atoms with Gasteiger partial charge in [-0.3, -0.25) is 0 Å². The molecule has 1 N–H and O–H groups in total. The number of allylic oxidation sites excluding steroid dienone is 1. The van der Waals surface area contributed by atoms with Gasteiger partial charge in [0.2, 0.25) is 0 Å². The Kier molecular flexibility index (Phi) is 2.28. The van der Waals surface area contributed by atoms with E-state index in [1.54, 1.807) is 19.4 Å². The van der Waals surface area contributed by atoms with Gasteiger partial charge in [-0.05, 0) is 0 Å². The molecule has 1 rings (SSSR count). The minimum atomic E-state index is 0.444. The smallest absolute Gasteiger partial charge is 0.312 e. The molecule has 0 atom stereocenters. The molecule has 0 amide bonds. The maximum Gasteiger partial charge on any atom is 0.312 e. The lowest BCUT2D eigenvalue weighted by Gasteiger charge is -2.15. The van der Waals surface area contributed by atoms with Crippen LogP contribution in [-0.4, -0.2) is 20.4 Å². The minimum absolute atomic E-state index is 0.444. The molecule has 1 heterocycles. The summed E-state index contributed by atoms with van der Waals surface area (Å²) in [5, 5.41) is 2.79. The van der Waals surface area contributed by atoms with Gasteiger partial charge < -0.3 is 14.8 Å².